The van der Waals surface area contributed by atoms with E-state index in [1.807, 2.05) is 6.07 Å². The Hall–Kier alpha value is -1.48. The van der Waals surface area contributed by atoms with Crippen molar-refractivity contribution in [2.75, 3.05) is 13.7 Å². The molecule has 3 heteroatoms. The molecule has 1 aromatic rings. The third-order valence-corrected chi connectivity index (χ3v) is 7.91. The molecule has 1 aromatic carbocycles. The Morgan fingerprint density at radius 1 is 1.17 bits per heavy atom. The van der Waals surface area contributed by atoms with Crippen molar-refractivity contribution in [3.05, 3.63) is 34.9 Å². The standard InChI is InChI=1S/C26H40O3/c1-7-8-9-10-11-25(2,3)18-13-22(28)24(23(14-18)29-6)19-12-17(16-27)20-15-21(19)26(20,4)5/h12-14,19-21,27-28H,7-11,15-16H2,1-6H3/t19-,20+,21?/m0/s1. The lowest BCUT2D eigenvalue weighted by Crippen LogP contribution is -2.51. The van der Waals surface area contributed by atoms with Crippen molar-refractivity contribution in [2.45, 2.75) is 84.5 Å². The van der Waals surface area contributed by atoms with Gasteiger partial charge in [-0.3, -0.25) is 0 Å². The zero-order chi connectivity index (χ0) is 21.4. The highest BCUT2D eigenvalue weighted by Crippen LogP contribution is 2.65. The molecule has 3 atom stereocenters. The van der Waals surface area contributed by atoms with Gasteiger partial charge in [-0.2, -0.15) is 0 Å². The Kier molecular flexibility index (Phi) is 6.38. The topological polar surface area (TPSA) is 49.7 Å². The fourth-order valence-corrected chi connectivity index (χ4v) is 5.75. The van der Waals surface area contributed by atoms with Crippen LogP contribution >= 0.6 is 0 Å². The van der Waals surface area contributed by atoms with Gasteiger partial charge in [0, 0.05) is 11.5 Å². The van der Waals surface area contributed by atoms with Crippen molar-refractivity contribution in [1.82, 2.24) is 0 Å². The summed E-state index contributed by atoms with van der Waals surface area (Å²) in [7, 11) is 1.70. The smallest absolute Gasteiger partial charge is 0.126 e. The highest BCUT2D eigenvalue weighted by molar-refractivity contribution is 5.54. The molecule has 0 saturated heterocycles. The van der Waals surface area contributed by atoms with E-state index < -0.39 is 0 Å². The minimum atomic E-state index is -0.00344. The number of aliphatic hydroxyl groups excluding tert-OH is 1. The van der Waals surface area contributed by atoms with E-state index in [1.165, 1.54) is 25.7 Å². The van der Waals surface area contributed by atoms with Crippen LogP contribution in [-0.4, -0.2) is 23.9 Å². The van der Waals surface area contributed by atoms with Crippen molar-refractivity contribution < 1.29 is 14.9 Å². The van der Waals surface area contributed by atoms with Gasteiger partial charge in [-0.15, -0.1) is 0 Å². The molecule has 2 bridgehead atoms. The quantitative estimate of drug-likeness (QED) is 0.376. The molecule has 0 aromatic heterocycles. The number of phenolic OH excluding ortho intramolecular Hbond substituents is 1. The number of hydrogen-bond acceptors (Lipinski definition) is 3. The fourth-order valence-electron chi connectivity index (χ4n) is 5.75. The van der Waals surface area contributed by atoms with E-state index in [1.54, 1.807) is 7.11 Å². The summed E-state index contributed by atoms with van der Waals surface area (Å²) in [5.74, 6) is 2.13. The van der Waals surface area contributed by atoms with Crippen molar-refractivity contribution in [3.63, 3.8) is 0 Å². The van der Waals surface area contributed by atoms with Crippen molar-refractivity contribution >= 4 is 0 Å². The lowest BCUT2D eigenvalue weighted by atomic mass is 9.45. The molecule has 29 heavy (non-hydrogen) atoms. The Morgan fingerprint density at radius 2 is 1.90 bits per heavy atom. The number of benzene rings is 1. The van der Waals surface area contributed by atoms with Gasteiger partial charge < -0.3 is 14.9 Å². The Labute approximate surface area is 177 Å². The Morgan fingerprint density at radius 3 is 2.48 bits per heavy atom. The molecule has 4 rings (SSSR count). The minimum absolute atomic E-state index is 0.00344. The predicted molar refractivity (Wildman–Crippen MR) is 120 cm³/mol. The van der Waals surface area contributed by atoms with Gasteiger partial charge >= 0.3 is 0 Å². The number of aromatic hydroxyl groups is 1. The summed E-state index contributed by atoms with van der Waals surface area (Å²) in [6.45, 7) is 11.4. The monoisotopic (exact) mass is 400 g/mol. The average Bonchev–Trinajstić information content (AvgIpc) is 2.69. The Bertz CT molecular complexity index is 759. The SMILES string of the molecule is CCCCCCC(C)(C)c1cc(O)c([C@H]2C=C(CO)[C@H]3CC2C3(C)C)c(OC)c1. The highest BCUT2D eigenvalue weighted by atomic mass is 16.5. The highest BCUT2D eigenvalue weighted by Gasteiger charge is 2.56. The number of unbranched alkanes of at least 4 members (excludes halogenated alkanes) is 3. The molecule has 0 amide bonds. The van der Waals surface area contributed by atoms with Crippen molar-refractivity contribution in [1.29, 1.82) is 0 Å². The lowest BCUT2D eigenvalue weighted by molar-refractivity contribution is -0.0260. The normalized spacial score (nSPS) is 25.3. The first-order valence-electron chi connectivity index (χ1n) is 11.4. The number of methoxy groups -OCH3 is 1. The zero-order valence-corrected chi connectivity index (χ0v) is 19.2. The molecule has 1 fully saturated rings. The van der Waals surface area contributed by atoms with E-state index in [2.05, 4.69) is 46.8 Å². The first-order chi connectivity index (χ1) is 13.7. The maximum Gasteiger partial charge on any atom is 0.126 e. The van der Waals surface area contributed by atoms with Gasteiger partial charge in [-0.05, 0) is 58.8 Å². The van der Waals surface area contributed by atoms with Crippen LogP contribution in [0.4, 0.5) is 0 Å². The lowest BCUT2D eigenvalue weighted by Gasteiger charge is -2.59. The molecule has 0 heterocycles. The fraction of sp³-hybridized carbons (Fsp3) is 0.692. The van der Waals surface area contributed by atoms with E-state index in [4.69, 9.17) is 4.74 Å². The van der Waals surface area contributed by atoms with Gasteiger partial charge in [0.2, 0.25) is 0 Å². The zero-order valence-electron chi connectivity index (χ0n) is 19.2. The second-order valence-electron chi connectivity index (χ2n) is 10.4. The van der Waals surface area contributed by atoms with E-state index >= 15 is 0 Å². The number of fused-ring (bicyclic) bond motifs is 1. The number of allylic oxidation sites excluding steroid dienone is 1. The number of ether oxygens (including phenoxy) is 1. The number of aliphatic hydroxyl groups is 1. The summed E-state index contributed by atoms with van der Waals surface area (Å²) in [6.07, 6.45) is 9.36. The molecule has 0 radical (unpaired) electrons. The molecular weight excluding hydrogens is 360 g/mol. The summed E-state index contributed by atoms with van der Waals surface area (Å²) in [5, 5.41) is 21.0. The largest absolute Gasteiger partial charge is 0.507 e. The molecule has 0 aliphatic heterocycles. The van der Waals surface area contributed by atoms with Gasteiger partial charge in [0.15, 0.2) is 0 Å². The first-order valence-corrected chi connectivity index (χ1v) is 11.4. The van der Waals surface area contributed by atoms with Crippen LogP contribution in [0, 0.1) is 17.3 Å². The molecular formula is C26H40O3. The molecule has 1 saturated carbocycles. The van der Waals surface area contributed by atoms with Crippen LogP contribution in [0.15, 0.2) is 23.8 Å². The van der Waals surface area contributed by atoms with Crippen molar-refractivity contribution in [2.24, 2.45) is 17.3 Å². The van der Waals surface area contributed by atoms with Crippen LogP contribution in [-0.2, 0) is 5.41 Å². The molecule has 0 spiro atoms. The van der Waals surface area contributed by atoms with E-state index in [-0.39, 0.29) is 23.4 Å². The molecule has 3 nitrogen and oxygen atoms in total. The molecule has 162 valence electrons. The Balaban J connectivity index is 1.94. The second-order valence-corrected chi connectivity index (χ2v) is 10.4. The summed E-state index contributed by atoms with van der Waals surface area (Å²) in [6, 6.07) is 4.10. The minimum Gasteiger partial charge on any atom is -0.507 e. The maximum absolute atomic E-state index is 11.1. The van der Waals surface area contributed by atoms with Gasteiger partial charge in [0.05, 0.1) is 13.7 Å². The maximum atomic E-state index is 11.1. The van der Waals surface area contributed by atoms with Gasteiger partial charge in [0.1, 0.15) is 11.5 Å². The number of hydrogen-bond donors (Lipinski definition) is 2. The van der Waals surface area contributed by atoms with E-state index in [0.717, 1.165) is 35.3 Å². The first kappa shape index (κ1) is 22.2. The second kappa shape index (κ2) is 8.34. The van der Waals surface area contributed by atoms with Crippen LogP contribution in [0.3, 0.4) is 0 Å². The van der Waals surface area contributed by atoms with Gasteiger partial charge in [-0.25, -0.2) is 0 Å². The third-order valence-electron chi connectivity index (χ3n) is 7.91. The van der Waals surface area contributed by atoms with Crippen LogP contribution in [0.25, 0.3) is 0 Å². The van der Waals surface area contributed by atoms with Crippen LogP contribution in [0.2, 0.25) is 0 Å². The summed E-state index contributed by atoms with van der Waals surface area (Å²) < 4.78 is 5.81. The number of rotatable bonds is 9. The third kappa shape index (κ3) is 3.95. The molecule has 3 aliphatic rings. The van der Waals surface area contributed by atoms with Crippen LogP contribution < -0.4 is 4.74 Å². The van der Waals surface area contributed by atoms with Crippen molar-refractivity contribution in [3.8, 4) is 11.5 Å². The van der Waals surface area contributed by atoms with E-state index in [9.17, 15) is 10.2 Å². The summed E-state index contributed by atoms with van der Waals surface area (Å²) >= 11 is 0. The van der Waals surface area contributed by atoms with Crippen LogP contribution in [0.1, 0.15) is 90.2 Å². The average molecular weight is 401 g/mol. The number of phenols is 1. The summed E-state index contributed by atoms with van der Waals surface area (Å²) in [5.41, 5.74) is 3.28. The van der Waals surface area contributed by atoms with Gasteiger partial charge in [-0.1, -0.05) is 66.4 Å². The van der Waals surface area contributed by atoms with Crippen LogP contribution in [0.5, 0.6) is 11.5 Å². The molecule has 2 N–H and O–H groups in total. The summed E-state index contributed by atoms with van der Waals surface area (Å²) in [4.78, 5) is 0. The molecule has 1 unspecified atom stereocenters. The van der Waals surface area contributed by atoms with Gasteiger partial charge in [0.25, 0.3) is 0 Å². The predicted octanol–water partition coefficient (Wildman–Crippen LogP) is 6.33. The van der Waals surface area contributed by atoms with E-state index in [0.29, 0.717) is 17.6 Å². The molecule has 3 aliphatic carbocycles.